The maximum atomic E-state index is 3.62. The fourth-order valence-electron chi connectivity index (χ4n) is 3.04. The quantitative estimate of drug-likeness (QED) is 0.856. The summed E-state index contributed by atoms with van der Waals surface area (Å²) in [7, 11) is 0. The van der Waals surface area contributed by atoms with Crippen molar-refractivity contribution in [3.8, 4) is 0 Å². The highest BCUT2D eigenvalue weighted by Gasteiger charge is 2.33. The molecule has 1 aromatic carbocycles. The third-order valence-electron chi connectivity index (χ3n) is 4.23. The van der Waals surface area contributed by atoms with E-state index in [9.17, 15) is 0 Å². The molecular formula is C16H24N2. The van der Waals surface area contributed by atoms with Gasteiger partial charge in [0, 0.05) is 19.1 Å². The zero-order chi connectivity index (χ0) is 12.4. The molecule has 0 bridgehead atoms. The second-order valence-electron chi connectivity index (χ2n) is 6.00. The first kappa shape index (κ1) is 12.2. The Kier molecular flexibility index (Phi) is 3.67. The van der Waals surface area contributed by atoms with Crippen molar-refractivity contribution in [1.29, 1.82) is 0 Å². The Morgan fingerprint density at radius 2 is 2.17 bits per heavy atom. The molecule has 2 heteroatoms. The summed E-state index contributed by atoms with van der Waals surface area (Å²) < 4.78 is 0. The Hall–Kier alpha value is -0.860. The van der Waals surface area contributed by atoms with Crippen LogP contribution < -0.4 is 5.32 Å². The molecule has 0 aromatic heterocycles. The van der Waals surface area contributed by atoms with E-state index in [1.807, 2.05) is 0 Å². The number of likely N-dealkylation sites (tertiary alicyclic amines) is 1. The summed E-state index contributed by atoms with van der Waals surface area (Å²) in [5, 5.41) is 3.62. The van der Waals surface area contributed by atoms with Gasteiger partial charge in [-0.05, 0) is 50.8 Å². The maximum Gasteiger partial charge on any atom is 0.0205 e. The molecule has 1 aliphatic heterocycles. The largest absolute Gasteiger partial charge is 0.312 e. The molecule has 3 rings (SSSR count). The fraction of sp³-hybridized carbons (Fsp3) is 0.625. The van der Waals surface area contributed by atoms with E-state index in [4.69, 9.17) is 0 Å². The van der Waals surface area contributed by atoms with E-state index in [0.717, 1.165) is 18.5 Å². The Bertz CT molecular complexity index is 398. The van der Waals surface area contributed by atoms with Crippen LogP contribution in [-0.4, -0.2) is 30.6 Å². The Morgan fingerprint density at radius 1 is 1.28 bits per heavy atom. The zero-order valence-electron chi connectivity index (χ0n) is 11.4. The lowest BCUT2D eigenvalue weighted by Gasteiger charge is -2.15. The molecule has 1 saturated carbocycles. The predicted molar refractivity (Wildman–Crippen MR) is 75.6 cm³/mol. The number of nitrogens with zero attached hydrogens (tertiary/aromatic N) is 1. The summed E-state index contributed by atoms with van der Waals surface area (Å²) in [5.74, 6) is 0.871. The standard InChI is InChI=1S/C16H24N2/c1-13-3-2-4-14(9-13)10-17-11-15-7-8-18(12-15)16-5-6-16/h2-4,9,15-17H,5-8,10-12H2,1H3. The lowest BCUT2D eigenvalue weighted by atomic mass is 10.1. The molecule has 2 fully saturated rings. The van der Waals surface area contributed by atoms with Crippen LogP contribution in [0.25, 0.3) is 0 Å². The summed E-state index contributed by atoms with van der Waals surface area (Å²) >= 11 is 0. The minimum atomic E-state index is 0.871. The zero-order valence-corrected chi connectivity index (χ0v) is 11.4. The second kappa shape index (κ2) is 5.41. The topological polar surface area (TPSA) is 15.3 Å². The average Bonchev–Trinajstić information content (AvgIpc) is 3.10. The van der Waals surface area contributed by atoms with E-state index in [1.165, 1.54) is 50.0 Å². The van der Waals surface area contributed by atoms with Crippen LogP contribution in [0, 0.1) is 12.8 Å². The van der Waals surface area contributed by atoms with Gasteiger partial charge in [0.25, 0.3) is 0 Å². The van der Waals surface area contributed by atoms with Gasteiger partial charge in [-0.3, -0.25) is 0 Å². The van der Waals surface area contributed by atoms with E-state index < -0.39 is 0 Å². The fourth-order valence-corrected chi connectivity index (χ4v) is 3.04. The van der Waals surface area contributed by atoms with E-state index in [-0.39, 0.29) is 0 Å². The van der Waals surface area contributed by atoms with Crippen molar-refractivity contribution >= 4 is 0 Å². The predicted octanol–water partition coefficient (Wildman–Crippen LogP) is 2.57. The minimum Gasteiger partial charge on any atom is -0.312 e. The molecule has 1 aromatic rings. The first-order valence-corrected chi connectivity index (χ1v) is 7.31. The molecule has 0 radical (unpaired) electrons. The summed E-state index contributed by atoms with van der Waals surface area (Å²) in [6.45, 7) is 7.01. The van der Waals surface area contributed by atoms with Crippen molar-refractivity contribution in [2.45, 2.75) is 38.8 Å². The lowest BCUT2D eigenvalue weighted by Crippen LogP contribution is -2.27. The van der Waals surface area contributed by atoms with Gasteiger partial charge in [0.05, 0.1) is 0 Å². The van der Waals surface area contributed by atoms with Gasteiger partial charge in [0.2, 0.25) is 0 Å². The third kappa shape index (κ3) is 3.12. The van der Waals surface area contributed by atoms with Crippen LogP contribution in [-0.2, 0) is 6.54 Å². The molecule has 0 spiro atoms. The van der Waals surface area contributed by atoms with Gasteiger partial charge in [-0.1, -0.05) is 29.8 Å². The smallest absolute Gasteiger partial charge is 0.0205 e. The monoisotopic (exact) mass is 244 g/mol. The molecule has 18 heavy (non-hydrogen) atoms. The molecule has 1 N–H and O–H groups in total. The first-order valence-electron chi connectivity index (χ1n) is 7.31. The van der Waals surface area contributed by atoms with Gasteiger partial charge < -0.3 is 10.2 Å². The lowest BCUT2D eigenvalue weighted by molar-refractivity contribution is 0.312. The molecule has 2 aliphatic rings. The highest BCUT2D eigenvalue weighted by molar-refractivity contribution is 5.21. The van der Waals surface area contributed by atoms with Crippen LogP contribution in [0.3, 0.4) is 0 Å². The van der Waals surface area contributed by atoms with Crippen molar-refractivity contribution in [2.75, 3.05) is 19.6 Å². The third-order valence-corrected chi connectivity index (χ3v) is 4.23. The van der Waals surface area contributed by atoms with Gasteiger partial charge in [-0.25, -0.2) is 0 Å². The Balaban J connectivity index is 1.39. The highest BCUT2D eigenvalue weighted by atomic mass is 15.2. The summed E-state index contributed by atoms with van der Waals surface area (Å²) in [5.41, 5.74) is 2.77. The molecule has 1 aliphatic carbocycles. The Labute approximate surface area is 110 Å². The number of rotatable bonds is 5. The van der Waals surface area contributed by atoms with Gasteiger partial charge in [-0.15, -0.1) is 0 Å². The van der Waals surface area contributed by atoms with Crippen LogP contribution >= 0.6 is 0 Å². The number of hydrogen-bond donors (Lipinski definition) is 1. The SMILES string of the molecule is Cc1cccc(CNCC2CCN(C3CC3)C2)c1. The van der Waals surface area contributed by atoms with Crippen LogP contribution in [0.2, 0.25) is 0 Å². The first-order chi connectivity index (χ1) is 8.81. The number of hydrogen-bond acceptors (Lipinski definition) is 2. The average molecular weight is 244 g/mol. The Morgan fingerprint density at radius 3 is 2.94 bits per heavy atom. The summed E-state index contributed by atoms with van der Waals surface area (Å²) in [4.78, 5) is 2.69. The van der Waals surface area contributed by atoms with E-state index in [1.54, 1.807) is 0 Å². The summed E-state index contributed by atoms with van der Waals surface area (Å²) in [6.07, 6.45) is 4.28. The van der Waals surface area contributed by atoms with Crippen molar-refractivity contribution in [1.82, 2.24) is 10.2 Å². The van der Waals surface area contributed by atoms with Gasteiger partial charge in [-0.2, -0.15) is 0 Å². The van der Waals surface area contributed by atoms with Crippen molar-refractivity contribution in [2.24, 2.45) is 5.92 Å². The molecule has 1 heterocycles. The van der Waals surface area contributed by atoms with Crippen LogP contribution in [0.5, 0.6) is 0 Å². The maximum absolute atomic E-state index is 3.62. The summed E-state index contributed by atoms with van der Waals surface area (Å²) in [6, 6.07) is 9.75. The molecule has 98 valence electrons. The molecule has 2 nitrogen and oxygen atoms in total. The molecule has 1 atom stereocenters. The molecule has 1 saturated heterocycles. The molecule has 1 unspecified atom stereocenters. The number of benzene rings is 1. The van der Waals surface area contributed by atoms with E-state index in [0.29, 0.717) is 0 Å². The van der Waals surface area contributed by atoms with Crippen molar-refractivity contribution in [3.05, 3.63) is 35.4 Å². The van der Waals surface area contributed by atoms with E-state index >= 15 is 0 Å². The van der Waals surface area contributed by atoms with Crippen LogP contribution in [0.15, 0.2) is 24.3 Å². The number of aryl methyl sites for hydroxylation is 1. The number of nitrogens with one attached hydrogen (secondary N) is 1. The van der Waals surface area contributed by atoms with Crippen LogP contribution in [0.4, 0.5) is 0 Å². The second-order valence-corrected chi connectivity index (χ2v) is 6.00. The minimum absolute atomic E-state index is 0.871. The van der Waals surface area contributed by atoms with E-state index in [2.05, 4.69) is 41.4 Å². The van der Waals surface area contributed by atoms with Gasteiger partial charge in [0.15, 0.2) is 0 Å². The van der Waals surface area contributed by atoms with Crippen molar-refractivity contribution in [3.63, 3.8) is 0 Å². The highest BCUT2D eigenvalue weighted by Crippen LogP contribution is 2.31. The van der Waals surface area contributed by atoms with Gasteiger partial charge in [0.1, 0.15) is 0 Å². The molecule has 0 amide bonds. The van der Waals surface area contributed by atoms with Crippen molar-refractivity contribution < 1.29 is 0 Å². The molecular weight excluding hydrogens is 220 g/mol. The van der Waals surface area contributed by atoms with Gasteiger partial charge >= 0.3 is 0 Å². The normalized spacial score (nSPS) is 24.6. The van der Waals surface area contributed by atoms with Crippen LogP contribution in [0.1, 0.15) is 30.4 Å².